The van der Waals surface area contributed by atoms with E-state index in [1.54, 1.807) is 13.0 Å². The first kappa shape index (κ1) is 8.42. The Kier molecular flexibility index (Phi) is 1.60. The topological polar surface area (TPSA) is 100 Å². The minimum absolute atomic E-state index is 0.303. The third-order valence-electron chi connectivity index (χ3n) is 1.72. The standard InChI is InChI=1S/C7H6N4O3/c1-3-2-4-8-9-5(7(13)14)6(12)11(4)10-3/h2,10H,1H3,(H,13,14). The van der Waals surface area contributed by atoms with Gasteiger partial charge in [-0.25, -0.2) is 4.79 Å². The Labute approximate surface area is 77.0 Å². The number of carboxylic acids is 1. The highest BCUT2D eigenvalue weighted by Gasteiger charge is 2.14. The van der Waals surface area contributed by atoms with Gasteiger partial charge in [-0.3, -0.25) is 9.89 Å². The van der Waals surface area contributed by atoms with Gasteiger partial charge in [0, 0.05) is 11.8 Å². The maximum Gasteiger partial charge on any atom is 0.362 e. The molecule has 0 atom stereocenters. The largest absolute Gasteiger partial charge is 0.476 e. The normalized spacial score (nSPS) is 10.6. The average Bonchev–Trinajstić information content (AvgIpc) is 2.46. The number of aromatic amines is 1. The van der Waals surface area contributed by atoms with Crippen molar-refractivity contribution in [2.24, 2.45) is 0 Å². The van der Waals surface area contributed by atoms with E-state index in [1.807, 2.05) is 0 Å². The molecule has 2 N–H and O–H groups in total. The highest BCUT2D eigenvalue weighted by atomic mass is 16.4. The van der Waals surface area contributed by atoms with Crippen LogP contribution in [-0.4, -0.2) is 30.9 Å². The molecule has 0 aliphatic heterocycles. The van der Waals surface area contributed by atoms with E-state index < -0.39 is 17.2 Å². The van der Waals surface area contributed by atoms with Gasteiger partial charge in [0.05, 0.1) is 0 Å². The molecule has 2 aromatic heterocycles. The fourth-order valence-corrected chi connectivity index (χ4v) is 1.14. The van der Waals surface area contributed by atoms with Crippen LogP contribution in [0.1, 0.15) is 16.2 Å². The van der Waals surface area contributed by atoms with E-state index in [-0.39, 0.29) is 0 Å². The van der Waals surface area contributed by atoms with E-state index in [0.29, 0.717) is 11.3 Å². The third kappa shape index (κ3) is 1.06. The van der Waals surface area contributed by atoms with Gasteiger partial charge in [0.25, 0.3) is 0 Å². The number of aromatic carboxylic acids is 1. The van der Waals surface area contributed by atoms with E-state index in [4.69, 9.17) is 5.11 Å². The molecule has 0 aromatic carbocycles. The molecule has 0 spiro atoms. The lowest BCUT2D eigenvalue weighted by atomic mass is 10.4. The zero-order valence-electron chi connectivity index (χ0n) is 7.18. The van der Waals surface area contributed by atoms with Crippen molar-refractivity contribution >= 4 is 11.6 Å². The molecule has 0 radical (unpaired) electrons. The second-order valence-electron chi connectivity index (χ2n) is 2.79. The highest BCUT2D eigenvalue weighted by molar-refractivity contribution is 5.84. The monoisotopic (exact) mass is 194 g/mol. The molecule has 0 amide bonds. The van der Waals surface area contributed by atoms with Gasteiger partial charge in [-0.15, -0.1) is 10.2 Å². The Morgan fingerprint density at radius 1 is 1.57 bits per heavy atom. The molecule has 0 fully saturated rings. The number of nitrogens with one attached hydrogen (secondary N) is 1. The number of aromatic nitrogens is 4. The summed E-state index contributed by atoms with van der Waals surface area (Å²) >= 11 is 0. The lowest BCUT2D eigenvalue weighted by Gasteiger charge is -1.92. The van der Waals surface area contributed by atoms with Crippen molar-refractivity contribution in [1.29, 1.82) is 0 Å². The Balaban J connectivity index is 2.88. The van der Waals surface area contributed by atoms with Crippen LogP contribution in [0.4, 0.5) is 0 Å². The van der Waals surface area contributed by atoms with Gasteiger partial charge in [0.1, 0.15) is 0 Å². The summed E-state index contributed by atoms with van der Waals surface area (Å²) in [5.74, 6) is -1.39. The van der Waals surface area contributed by atoms with Crippen LogP contribution in [0.15, 0.2) is 10.9 Å². The van der Waals surface area contributed by atoms with Gasteiger partial charge in [0.2, 0.25) is 5.69 Å². The summed E-state index contributed by atoms with van der Waals surface area (Å²) in [6.07, 6.45) is 0. The lowest BCUT2D eigenvalue weighted by molar-refractivity contribution is 0.0686. The fourth-order valence-electron chi connectivity index (χ4n) is 1.14. The number of hydrogen-bond acceptors (Lipinski definition) is 4. The Morgan fingerprint density at radius 2 is 2.29 bits per heavy atom. The highest BCUT2D eigenvalue weighted by Crippen LogP contribution is 1.97. The summed E-state index contributed by atoms with van der Waals surface area (Å²) in [7, 11) is 0. The van der Waals surface area contributed by atoms with Crippen LogP contribution in [-0.2, 0) is 0 Å². The van der Waals surface area contributed by atoms with Crippen molar-refractivity contribution in [2.75, 3.05) is 0 Å². The van der Waals surface area contributed by atoms with Gasteiger partial charge in [-0.1, -0.05) is 0 Å². The molecule has 2 rings (SSSR count). The molecular weight excluding hydrogens is 188 g/mol. The van der Waals surface area contributed by atoms with Crippen LogP contribution in [0.3, 0.4) is 0 Å². The number of H-pyrrole nitrogens is 1. The second kappa shape index (κ2) is 2.66. The van der Waals surface area contributed by atoms with Crippen LogP contribution in [0.25, 0.3) is 5.65 Å². The van der Waals surface area contributed by atoms with Crippen molar-refractivity contribution in [3.05, 3.63) is 27.8 Å². The number of hydrogen-bond donors (Lipinski definition) is 2. The molecule has 14 heavy (non-hydrogen) atoms. The molecule has 0 aliphatic rings. The summed E-state index contributed by atoms with van der Waals surface area (Å²) in [4.78, 5) is 22.0. The Bertz CT molecular complexity index is 568. The van der Waals surface area contributed by atoms with E-state index in [1.165, 1.54) is 0 Å². The number of aryl methyl sites for hydroxylation is 1. The number of carbonyl (C=O) groups is 1. The summed E-state index contributed by atoms with van der Waals surface area (Å²) in [5.41, 5.74) is -0.295. The number of fused-ring (bicyclic) bond motifs is 1. The quantitative estimate of drug-likeness (QED) is 0.632. The van der Waals surface area contributed by atoms with Crippen LogP contribution in [0, 0.1) is 6.92 Å². The predicted octanol–water partition coefficient (Wildman–Crippen LogP) is -0.576. The van der Waals surface area contributed by atoms with Gasteiger partial charge >= 0.3 is 11.5 Å². The molecule has 0 aliphatic carbocycles. The molecule has 2 aromatic rings. The zero-order chi connectivity index (χ0) is 10.3. The van der Waals surface area contributed by atoms with Crippen LogP contribution in [0.2, 0.25) is 0 Å². The molecule has 0 saturated heterocycles. The Hall–Kier alpha value is -2.18. The van der Waals surface area contributed by atoms with Crippen molar-refractivity contribution in [3.8, 4) is 0 Å². The smallest absolute Gasteiger partial charge is 0.362 e. The van der Waals surface area contributed by atoms with Crippen LogP contribution < -0.4 is 5.56 Å². The molecule has 2 heterocycles. The zero-order valence-corrected chi connectivity index (χ0v) is 7.18. The SMILES string of the molecule is Cc1cc2nnc(C(=O)O)c(=O)n2[nH]1. The average molecular weight is 194 g/mol. The van der Waals surface area contributed by atoms with Crippen molar-refractivity contribution < 1.29 is 9.90 Å². The number of rotatable bonds is 1. The summed E-state index contributed by atoms with van der Waals surface area (Å²) in [6.45, 7) is 1.73. The molecule has 0 bridgehead atoms. The Morgan fingerprint density at radius 3 is 2.93 bits per heavy atom. The first-order valence-electron chi connectivity index (χ1n) is 3.78. The molecule has 7 heteroatoms. The van der Waals surface area contributed by atoms with Crippen molar-refractivity contribution in [3.63, 3.8) is 0 Å². The first-order chi connectivity index (χ1) is 6.59. The van der Waals surface area contributed by atoms with Gasteiger partial charge in [-0.2, -0.15) is 4.52 Å². The predicted molar refractivity (Wildman–Crippen MR) is 45.3 cm³/mol. The maximum absolute atomic E-state index is 11.4. The summed E-state index contributed by atoms with van der Waals surface area (Å²) in [5, 5.41) is 18.2. The first-order valence-corrected chi connectivity index (χ1v) is 3.78. The molecule has 7 nitrogen and oxygen atoms in total. The van der Waals surface area contributed by atoms with Gasteiger partial charge in [0.15, 0.2) is 5.65 Å². The van der Waals surface area contributed by atoms with E-state index in [0.717, 1.165) is 4.52 Å². The van der Waals surface area contributed by atoms with Crippen molar-refractivity contribution in [2.45, 2.75) is 6.92 Å². The lowest BCUT2D eigenvalue weighted by Crippen LogP contribution is -2.25. The van der Waals surface area contributed by atoms with E-state index >= 15 is 0 Å². The molecule has 72 valence electrons. The van der Waals surface area contributed by atoms with Gasteiger partial charge < -0.3 is 5.11 Å². The molecular formula is C7H6N4O3. The van der Waals surface area contributed by atoms with E-state index in [9.17, 15) is 9.59 Å². The third-order valence-corrected chi connectivity index (χ3v) is 1.72. The van der Waals surface area contributed by atoms with E-state index in [2.05, 4.69) is 15.3 Å². The molecule has 0 saturated carbocycles. The number of carboxylic acid groups (broad SMARTS) is 1. The van der Waals surface area contributed by atoms with Crippen molar-refractivity contribution in [1.82, 2.24) is 19.8 Å². The summed E-state index contributed by atoms with van der Waals surface area (Å²) < 4.78 is 1.05. The van der Waals surface area contributed by atoms with Gasteiger partial charge in [-0.05, 0) is 6.92 Å². The fraction of sp³-hybridized carbons (Fsp3) is 0.143. The van der Waals surface area contributed by atoms with Crippen LogP contribution >= 0.6 is 0 Å². The molecule has 0 unspecified atom stereocenters. The second-order valence-corrected chi connectivity index (χ2v) is 2.79. The minimum atomic E-state index is -1.39. The minimum Gasteiger partial charge on any atom is -0.476 e. The van der Waals surface area contributed by atoms with Crippen LogP contribution in [0.5, 0.6) is 0 Å². The summed E-state index contributed by atoms with van der Waals surface area (Å²) in [6, 6.07) is 1.60. The maximum atomic E-state index is 11.4. The number of nitrogens with zero attached hydrogens (tertiary/aromatic N) is 3.